The Morgan fingerprint density at radius 3 is 2.35 bits per heavy atom. The Morgan fingerprint density at radius 1 is 1.00 bits per heavy atom. The third-order valence-electron chi connectivity index (χ3n) is 3.21. The number of hydrogen-bond acceptors (Lipinski definition) is 2. The molecule has 20 heavy (non-hydrogen) atoms. The molecule has 0 amide bonds. The molecular weight excluding hydrogens is 265 g/mol. The smallest absolute Gasteiger partial charge is 0.398 e. The van der Waals surface area contributed by atoms with Crippen LogP contribution in [0.2, 0.25) is 0 Å². The van der Waals surface area contributed by atoms with Crippen molar-refractivity contribution in [3.05, 3.63) is 53.1 Å². The van der Waals surface area contributed by atoms with E-state index in [9.17, 15) is 13.2 Å². The summed E-state index contributed by atoms with van der Waals surface area (Å²) in [6.07, 6.45) is -4.35. The number of nitrogen functional groups attached to an aromatic ring is 1. The Hall–Kier alpha value is -2.17. The largest absolute Gasteiger partial charge is 0.416 e. The molecule has 5 heteroatoms. The predicted molar refractivity (Wildman–Crippen MR) is 75.1 cm³/mol. The Kier molecular flexibility index (Phi) is 3.61. The molecule has 3 N–H and O–H groups in total. The maximum atomic E-state index is 12.7. The van der Waals surface area contributed by atoms with Crippen molar-refractivity contribution in [2.45, 2.75) is 20.0 Å². The van der Waals surface area contributed by atoms with E-state index >= 15 is 0 Å². The summed E-state index contributed by atoms with van der Waals surface area (Å²) in [5, 5.41) is 3.01. The third-order valence-corrected chi connectivity index (χ3v) is 3.21. The summed E-state index contributed by atoms with van der Waals surface area (Å²) in [4.78, 5) is 0. The maximum Gasteiger partial charge on any atom is 0.416 e. The number of nitrogens with two attached hydrogens (primary N) is 1. The highest BCUT2D eigenvalue weighted by Gasteiger charge is 2.30. The Balaban J connectivity index is 2.41. The molecule has 2 aromatic rings. The quantitative estimate of drug-likeness (QED) is 0.786. The summed E-state index contributed by atoms with van der Waals surface area (Å²) < 4.78 is 38.2. The van der Waals surface area contributed by atoms with Crippen LogP contribution in [0, 0.1) is 13.8 Å². The molecule has 106 valence electrons. The second-order valence-electron chi connectivity index (χ2n) is 4.67. The van der Waals surface area contributed by atoms with E-state index < -0.39 is 11.7 Å². The van der Waals surface area contributed by atoms with Crippen molar-refractivity contribution in [2.75, 3.05) is 11.1 Å². The van der Waals surface area contributed by atoms with Crippen molar-refractivity contribution >= 4 is 17.1 Å². The number of anilines is 3. The maximum absolute atomic E-state index is 12.7. The lowest BCUT2D eigenvalue weighted by atomic mass is 10.1. The van der Waals surface area contributed by atoms with Crippen LogP contribution in [0.4, 0.5) is 30.2 Å². The Bertz CT molecular complexity index is 634. The van der Waals surface area contributed by atoms with Crippen LogP contribution < -0.4 is 11.1 Å². The zero-order valence-corrected chi connectivity index (χ0v) is 11.2. The second kappa shape index (κ2) is 5.07. The molecule has 0 atom stereocenters. The molecule has 0 saturated carbocycles. The molecule has 2 rings (SSSR count). The number of rotatable bonds is 2. The Morgan fingerprint density at radius 2 is 1.70 bits per heavy atom. The van der Waals surface area contributed by atoms with E-state index in [0.29, 0.717) is 17.1 Å². The molecule has 2 aromatic carbocycles. The van der Waals surface area contributed by atoms with Gasteiger partial charge in [0.25, 0.3) is 0 Å². The average Bonchev–Trinajstić information content (AvgIpc) is 2.36. The minimum absolute atomic E-state index is 0.425. The average molecular weight is 280 g/mol. The lowest BCUT2D eigenvalue weighted by Gasteiger charge is -2.15. The topological polar surface area (TPSA) is 38.0 Å². The summed E-state index contributed by atoms with van der Waals surface area (Å²) in [6, 6.07) is 8.93. The molecule has 0 heterocycles. The second-order valence-corrected chi connectivity index (χ2v) is 4.67. The minimum Gasteiger partial charge on any atom is -0.398 e. The van der Waals surface area contributed by atoms with Crippen LogP contribution in [0.5, 0.6) is 0 Å². The number of nitrogens with one attached hydrogen (secondary N) is 1. The number of benzene rings is 2. The van der Waals surface area contributed by atoms with Crippen LogP contribution in [-0.4, -0.2) is 0 Å². The van der Waals surface area contributed by atoms with E-state index in [0.717, 1.165) is 23.3 Å². The first-order chi connectivity index (χ1) is 9.29. The SMILES string of the molecule is Cc1ccc(C(F)(F)F)cc1Nc1cccc(N)c1C. The van der Waals surface area contributed by atoms with Gasteiger partial charge in [0.2, 0.25) is 0 Å². The highest BCUT2D eigenvalue weighted by atomic mass is 19.4. The van der Waals surface area contributed by atoms with Crippen LogP contribution in [0.3, 0.4) is 0 Å². The van der Waals surface area contributed by atoms with Crippen LogP contribution in [0.15, 0.2) is 36.4 Å². The van der Waals surface area contributed by atoms with Gasteiger partial charge in [-0.25, -0.2) is 0 Å². The molecule has 0 aromatic heterocycles. The molecule has 0 aliphatic rings. The molecule has 0 aliphatic heterocycles. The summed E-state index contributed by atoms with van der Waals surface area (Å²) in [6.45, 7) is 3.57. The number of aryl methyl sites for hydroxylation is 1. The predicted octanol–water partition coefficient (Wildman–Crippen LogP) is 4.65. The molecule has 0 fully saturated rings. The van der Waals surface area contributed by atoms with Gasteiger partial charge in [0.1, 0.15) is 0 Å². The molecule has 0 aliphatic carbocycles. The first kappa shape index (κ1) is 14.2. The van der Waals surface area contributed by atoms with Crippen molar-refractivity contribution < 1.29 is 13.2 Å². The number of halogens is 3. The van der Waals surface area contributed by atoms with E-state index in [1.807, 2.05) is 6.92 Å². The normalized spacial score (nSPS) is 11.4. The van der Waals surface area contributed by atoms with Crippen molar-refractivity contribution in [3.8, 4) is 0 Å². The fraction of sp³-hybridized carbons (Fsp3) is 0.200. The van der Waals surface area contributed by atoms with Gasteiger partial charge in [-0.15, -0.1) is 0 Å². The standard InChI is InChI=1S/C15H15F3N2/c1-9-6-7-11(15(16,17)18)8-14(9)20-13-5-3-4-12(19)10(13)2/h3-8,20H,19H2,1-2H3. The lowest BCUT2D eigenvalue weighted by Crippen LogP contribution is -2.06. The summed E-state index contributed by atoms with van der Waals surface area (Å²) in [7, 11) is 0. The molecule has 0 unspecified atom stereocenters. The first-order valence-corrected chi connectivity index (χ1v) is 6.09. The van der Waals surface area contributed by atoms with Crippen molar-refractivity contribution in [3.63, 3.8) is 0 Å². The van der Waals surface area contributed by atoms with Gasteiger partial charge in [0, 0.05) is 17.1 Å². The fourth-order valence-electron chi connectivity index (χ4n) is 1.87. The lowest BCUT2D eigenvalue weighted by molar-refractivity contribution is -0.137. The van der Waals surface area contributed by atoms with Crippen molar-refractivity contribution in [1.82, 2.24) is 0 Å². The van der Waals surface area contributed by atoms with Gasteiger partial charge in [-0.3, -0.25) is 0 Å². The van der Waals surface area contributed by atoms with Gasteiger partial charge in [0.15, 0.2) is 0 Å². The van der Waals surface area contributed by atoms with E-state index in [1.54, 1.807) is 25.1 Å². The van der Waals surface area contributed by atoms with Crippen molar-refractivity contribution in [1.29, 1.82) is 0 Å². The monoisotopic (exact) mass is 280 g/mol. The summed E-state index contributed by atoms with van der Waals surface area (Å²) >= 11 is 0. The van der Waals surface area contributed by atoms with Gasteiger partial charge >= 0.3 is 6.18 Å². The highest BCUT2D eigenvalue weighted by molar-refractivity contribution is 5.71. The first-order valence-electron chi connectivity index (χ1n) is 6.09. The Labute approximate surface area is 115 Å². The third kappa shape index (κ3) is 2.87. The zero-order chi connectivity index (χ0) is 14.9. The minimum atomic E-state index is -4.35. The molecule has 0 bridgehead atoms. The van der Waals surface area contributed by atoms with Crippen LogP contribution in [0.25, 0.3) is 0 Å². The van der Waals surface area contributed by atoms with Gasteiger partial charge < -0.3 is 11.1 Å². The van der Waals surface area contributed by atoms with Crippen LogP contribution in [0.1, 0.15) is 16.7 Å². The number of hydrogen-bond donors (Lipinski definition) is 2. The summed E-state index contributed by atoms with van der Waals surface area (Å²) in [5.41, 5.74) is 8.39. The molecule has 0 radical (unpaired) electrons. The van der Waals surface area contributed by atoms with E-state index in [-0.39, 0.29) is 0 Å². The number of alkyl halides is 3. The van der Waals surface area contributed by atoms with Gasteiger partial charge in [-0.2, -0.15) is 13.2 Å². The highest BCUT2D eigenvalue weighted by Crippen LogP contribution is 2.33. The fourth-order valence-corrected chi connectivity index (χ4v) is 1.87. The van der Waals surface area contributed by atoms with Crippen LogP contribution >= 0.6 is 0 Å². The van der Waals surface area contributed by atoms with E-state index in [1.165, 1.54) is 6.07 Å². The van der Waals surface area contributed by atoms with E-state index in [4.69, 9.17) is 5.73 Å². The molecular formula is C15H15F3N2. The zero-order valence-electron chi connectivity index (χ0n) is 11.2. The van der Waals surface area contributed by atoms with E-state index in [2.05, 4.69) is 5.32 Å². The van der Waals surface area contributed by atoms with Gasteiger partial charge in [-0.05, 0) is 49.2 Å². The van der Waals surface area contributed by atoms with Gasteiger partial charge in [0.05, 0.1) is 5.56 Å². The summed E-state index contributed by atoms with van der Waals surface area (Å²) in [5.74, 6) is 0. The van der Waals surface area contributed by atoms with Gasteiger partial charge in [-0.1, -0.05) is 12.1 Å². The van der Waals surface area contributed by atoms with Crippen LogP contribution in [-0.2, 0) is 6.18 Å². The molecule has 0 spiro atoms. The van der Waals surface area contributed by atoms with Crippen molar-refractivity contribution in [2.24, 2.45) is 0 Å². The molecule has 0 saturated heterocycles. The molecule has 2 nitrogen and oxygen atoms in total.